The van der Waals surface area contributed by atoms with Gasteiger partial charge in [-0.2, -0.15) is 0 Å². The molecule has 26 heavy (non-hydrogen) atoms. The summed E-state index contributed by atoms with van der Waals surface area (Å²) in [4.78, 5) is 26.3. The van der Waals surface area contributed by atoms with Crippen LogP contribution in [0.15, 0.2) is 6.20 Å². The molecule has 3 rings (SSSR count). The molecule has 1 aromatic heterocycles. The Balaban J connectivity index is 1.77. The number of aryl methyl sites for hydroxylation is 1. The minimum atomic E-state index is 0.0210. The van der Waals surface area contributed by atoms with E-state index in [-0.39, 0.29) is 12.0 Å². The van der Waals surface area contributed by atoms with Gasteiger partial charge < -0.3 is 19.3 Å². The molecule has 0 unspecified atom stereocenters. The van der Waals surface area contributed by atoms with Crippen LogP contribution in [0.5, 0.6) is 0 Å². The second-order valence-corrected chi connectivity index (χ2v) is 6.87. The Morgan fingerprint density at radius 1 is 1.31 bits per heavy atom. The van der Waals surface area contributed by atoms with Gasteiger partial charge in [0.1, 0.15) is 0 Å². The summed E-state index contributed by atoms with van der Waals surface area (Å²) in [5.41, 5.74) is 1.44. The van der Waals surface area contributed by atoms with Gasteiger partial charge >= 0.3 is 0 Å². The van der Waals surface area contributed by atoms with Gasteiger partial charge in [0.05, 0.1) is 30.6 Å². The topological polar surface area (TPSA) is 67.8 Å². The highest BCUT2D eigenvalue weighted by Crippen LogP contribution is 2.19. The van der Waals surface area contributed by atoms with E-state index in [1.54, 1.807) is 6.20 Å². The van der Waals surface area contributed by atoms with E-state index in [1.807, 2.05) is 11.8 Å². The Morgan fingerprint density at radius 2 is 2.12 bits per heavy atom. The predicted octanol–water partition coefficient (Wildman–Crippen LogP) is 1.91. The molecule has 2 aliphatic heterocycles. The van der Waals surface area contributed by atoms with E-state index in [9.17, 15) is 4.79 Å². The van der Waals surface area contributed by atoms with Crippen molar-refractivity contribution >= 4 is 11.9 Å². The molecule has 1 atom stereocenters. The van der Waals surface area contributed by atoms with Crippen molar-refractivity contribution in [2.45, 2.75) is 45.6 Å². The van der Waals surface area contributed by atoms with Crippen LogP contribution in [0.25, 0.3) is 0 Å². The van der Waals surface area contributed by atoms with Crippen molar-refractivity contribution in [2.75, 3.05) is 50.9 Å². The summed E-state index contributed by atoms with van der Waals surface area (Å²) in [5, 5.41) is 0. The van der Waals surface area contributed by atoms with Gasteiger partial charge in [-0.15, -0.1) is 0 Å². The zero-order chi connectivity index (χ0) is 18.4. The van der Waals surface area contributed by atoms with Crippen molar-refractivity contribution in [3.05, 3.63) is 17.5 Å². The largest absolute Gasteiger partial charge is 0.378 e. The number of amides is 1. The molecule has 7 heteroatoms. The molecule has 0 N–H and O–H groups in total. The Kier molecular flexibility index (Phi) is 6.80. The summed E-state index contributed by atoms with van der Waals surface area (Å²) in [6.07, 6.45) is 5.60. The highest BCUT2D eigenvalue weighted by Gasteiger charge is 2.25. The second-order valence-electron chi connectivity index (χ2n) is 6.87. The van der Waals surface area contributed by atoms with Crippen LogP contribution in [-0.2, 0) is 15.9 Å². The average Bonchev–Trinajstić information content (AvgIpc) is 3.20. The molecule has 1 amide bonds. The summed E-state index contributed by atoms with van der Waals surface area (Å²) >= 11 is 0. The first-order chi connectivity index (χ1) is 12.7. The fourth-order valence-electron chi connectivity index (χ4n) is 3.52. The van der Waals surface area contributed by atoms with Gasteiger partial charge in [-0.25, -0.2) is 9.97 Å². The van der Waals surface area contributed by atoms with E-state index < -0.39 is 0 Å². The zero-order valence-corrected chi connectivity index (χ0v) is 15.9. The number of nitrogens with zero attached hydrogens (tertiary/aromatic N) is 4. The van der Waals surface area contributed by atoms with Gasteiger partial charge in [0.2, 0.25) is 5.95 Å². The van der Waals surface area contributed by atoms with Crippen molar-refractivity contribution < 1.29 is 14.3 Å². The number of rotatable bonds is 7. The minimum Gasteiger partial charge on any atom is -0.378 e. The summed E-state index contributed by atoms with van der Waals surface area (Å²) in [7, 11) is 0. The van der Waals surface area contributed by atoms with Crippen LogP contribution < -0.4 is 4.90 Å². The highest BCUT2D eigenvalue weighted by atomic mass is 16.5. The molecule has 1 aromatic rings. The maximum absolute atomic E-state index is 13.1. The molecule has 2 aliphatic rings. The maximum Gasteiger partial charge on any atom is 0.257 e. The lowest BCUT2D eigenvalue weighted by Gasteiger charge is -2.28. The maximum atomic E-state index is 13.1. The third-order valence-electron chi connectivity index (χ3n) is 4.94. The Bertz CT molecular complexity index is 598. The van der Waals surface area contributed by atoms with Crippen LogP contribution in [0.2, 0.25) is 0 Å². The molecule has 0 aliphatic carbocycles. The number of hydrogen-bond donors (Lipinski definition) is 0. The quantitative estimate of drug-likeness (QED) is 0.738. The minimum absolute atomic E-state index is 0.0210. The van der Waals surface area contributed by atoms with Crippen LogP contribution in [0, 0.1) is 0 Å². The van der Waals surface area contributed by atoms with Gasteiger partial charge in [-0.3, -0.25) is 4.79 Å². The Morgan fingerprint density at radius 3 is 2.77 bits per heavy atom. The number of carbonyl (C=O) groups excluding carboxylic acids is 1. The first-order valence-electron chi connectivity index (χ1n) is 9.82. The average molecular weight is 362 g/mol. The van der Waals surface area contributed by atoms with Crippen LogP contribution in [-0.4, -0.2) is 72.9 Å². The lowest BCUT2D eigenvalue weighted by Crippen LogP contribution is -2.39. The zero-order valence-electron chi connectivity index (χ0n) is 15.9. The molecule has 0 saturated carbocycles. The van der Waals surface area contributed by atoms with E-state index in [0.717, 1.165) is 51.2 Å². The van der Waals surface area contributed by atoms with Crippen LogP contribution in [0.1, 0.15) is 49.2 Å². The third kappa shape index (κ3) is 4.51. The van der Waals surface area contributed by atoms with E-state index in [2.05, 4.69) is 16.8 Å². The monoisotopic (exact) mass is 362 g/mol. The van der Waals surface area contributed by atoms with E-state index in [0.29, 0.717) is 37.7 Å². The smallest absolute Gasteiger partial charge is 0.257 e. The number of aromatic nitrogens is 2. The van der Waals surface area contributed by atoms with E-state index >= 15 is 0 Å². The van der Waals surface area contributed by atoms with Gasteiger partial charge in [0, 0.05) is 39.0 Å². The fraction of sp³-hybridized carbons (Fsp3) is 0.737. The molecule has 0 radical (unpaired) electrons. The van der Waals surface area contributed by atoms with Crippen molar-refractivity contribution in [3.8, 4) is 0 Å². The first kappa shape index (κ1) is 19.0. The molecular formula is C19H30N4O3. The number of hydrogen-bond acceptors (Lipinski definition) is 6. The number of ether oxygens (including phenoxy) is 2. The molecule has 0 aromatic carbocycles. The third-order valence-corrected chi connectivity index (χ3v) is 4.94. The molecule has 3 heterocycles. The Labute approximate surface area is 155 Å². The molecule has 0 spiro atoms. The van der Waals surface area contributed by atoms with Gasteiger partial charge in [0.15, 0.2) is 0 Å². The summed E-state index contributed by atoms with van der Waals surface area (Å²) in [5.74, 6) is 0.718. The summed E-state index contributed by atoms with van der Waals surface area (Å²) in [6.45, 7) is 9.27. The van der Waals surface area contributed by atoms with Crippen molar-refractivity contribution in [1.29, 1.82) is 0 Å². The SMILES string of the molecule is CCCN(C[C@H]1CCCO1)C(=O)c1cnc(N2CCOCC2)nc1CC. The first-order valence-corrected chi connectivity index (χ1v) is 9.82. The second kappa shape index (κ2) is 9.28. The van der Waals surface area contributed by atoms with Gasteiger partial charge in [-0.1, -0.05) is 13.8 Å². The fourth-order valence-corrected chi connectivity index (χ4v) is 3.52. The predicted molar refractivity (Wildman–Crippen MR) is 99.6 cm³/mol. The van der Waals surface area contributed by atoms with Gasteiger partial charge in [-0.05, 0) is 25.7 Å². The lowest BCUT2D eigenvalue weighted by atomic mass is 10.1. The molecule has 2 fully saturated rings. The van der Waals surface area contributed by atoms with Crippen LogP contribution in [0.4, 0.5) is 5.95 Å². The molecule has 0 bridgehead atoms. The van der Waals surface area contributed by atoms with E-state index in [1.165, 1.54) is 0 Å². The standard InChI is InChI=1S/C19H30N4O3/c1-3-7-23(14-15-6-5-10-26-15)18(24)16-13-20-19(21-17(16)4-2)22-8-11-25-12-9-22/h13,15H,3-12,14H2,1-2H3/t15-/m1/s1. The van der Waals surface area contributed by atoms with Crippen molar-refractivity contribution in [3.63, 3.8) is 0 Å². The number of morpholine rings is 1. The van der Waals surface area contributed by atoms with Gasteiger partial charge in [0.25, 0.3) is 5.91 Å². The van der Waals surface area contributed by atoms with Crippen molar-refractivity contribution in [1.82, 2.24) is 14.9 Å². The summed E-state index contributed by atoms with van der Waals surface area (Å²) in [6, 6.07) is 0. The highest BCUT2D eigenvalue weighted by molar-refractivity contribution is 5.95. The van der Waals surface area contributed by atoms with Crippen LogP contribution in [0.3, 0.4) is 0 Å². The number of anilines is 1. The van der Waals surface area contributed by atoms with Crippen LogP contribution >= 0.6 is 0 Å². The lowest BCUT2D eigenvalue weighted by molar-refractivity contribution is 0.0524. The molecule has 144 valence electrons. The summed E-state index contributed by atoms with van der Waals surface area (Å²) < 4.78 is 11.1. The molecular weight excluding hydrogens is 332 g/mol. The Hall–Kier alpha value is -1.73. The van der Waals surface area contributed by atoms with E-state index in [4.69, 9.17) is 14.5 Å². The molecule has 7 nitrogen and oxygen atoms in total. The number of carbonyl (C=O) groups is 1. The normalized spacial score (nSPS) is 20.4. The van der Waals surface area contributed by atoms with Crippen molar-refractivity contribution in [2.24, 2.45) is 0 Å². The molecule has 2 saturated heterocycles.